The average molecular weight is 304 g/mol. The van der Waals surface area contributed by atoms with E-state index in [0.29, 0.717) is 10.6 Å². The second-order valence-corrected chi connectivity index (χ2v) is 5.22. The Hall–Kier alpha value is -2.34. The van der Waals surface area contributed by atoms with Crippen LogP contribution < -0.4 is 15.6 Å². The Morgan fingerprint density at radius 3 is 2.76 bits per heavy atom. The van der Waals surface area contributed by atoms with Crippen LogP contribution in [0.1, 0.15) is 22.2 Å². The number of aryl methyl sites for hydroxylation is 1. The first-order valence-electron chi connectivity index (χ1n) is 6.53. The van der Waals surface area contributed by atoms with Crippen LogP contribution in [0, 0.1) is 0 Å². The van der Waals surface area contributed by atoms with Crippen LogP contribution in [0.4, 0.5) is 0 Å². The number of hydrogen-bond acceptors (Lipinski definition) is 4. The van der Waals surface area contributed by atoms with Crippen molar-refractivity contribution in [1.29, 1.82) is 0 Å². The predicted octanol–water partition coefficient (Wildman–Crippen LogP) is 2.15. The van der Waals surface area contributed by atoms with Gasteiger partial charge in [0.15, 0.2) is 6.61 Å². The van der Waals surface area contributed by atoms with Crippen LogP contribution in [0.3, 0.4) is 0 Å². The molecule has 0 saturated carbocycles. The molecule has 1 aromatic carbocycles. The first-order valence-corrected chi connectivity index (χ1v) is 7.41. The van der Waals surface area contributed by atoms with Crippen LogP contribution in [-0.2, 0) is 11.2 Å². The van der Waals surface area contributed by atoms with E-state index in [1.165, 1.54) is 11.3 Å². The summed E-state index contributed by atoms with van der Waals surface area (Å²) >= 11 is 1.30. The van der Waals surface area contributed by atoms with Crippen LogP contribution in [0.25, 0.3) is 0 Å². The minimum Gasteiger partial charge on any atom is -0.484 e. The molecule has 0 aliphatic heterocycles. The molecule has 2 rings (SSSR count). The van der Waals surface area contributed by atoms with Gasteiger partial charge in [0.05, 0.1) is 4.88 Å². The molecular weight excluding hydrogens is 288 g/mol. The minimum absolute atomic E-state index is 0.155. The van der Waals surface area contributed by atoms with Gasteiger partial charge >= 0.3 is 0 Å². The normalized spacial score (nSPS) is 9.95. The third-order valence-corrected chi connectivity index (χ3v) is 3.61. The zero-order valence-electron chi connectivity index (χ0n) is 11.6. The highest BCUT2D eigenvalue weighted by atomic mass is 32.1. The fraction of sp³-hybridized carbons (Fsp3) is 0.200. The number of hydrogen-bond donors (Lipinski definition) is 2. The first-order chi connectivity index (χ1) is 10.2. The summed E-state index contributed by atoms with van der Waals surface area (Å²) in [6, 6.07) is 11.0. The molecule has 2 N–H and O–H groups in total. The number of thiophene rings is 1. The molecule has 0 bridgehead atoms. The summed E-state index contributed by atoms with van der Waals surface area (Å²) in [6.07, 6.45) is 0.903. The molecule has 6 heteroatoms. The molecule has 21 heavy (non-hydrogen) atoms. The van der Waals surface area contributed by atoms with Gasteiger partial charge in [-0.3, -0.25) is 20.4 Å². The van der Waals surface area contributed by atoms with Crippen molar-refractivity contribution in [3.8, 4) is 5.75 Å². The van der Waals surface area contributed by atoms with E-state index in [9.17, 15) is 9.59 Å². The Morgan fingerprint density at radius 2 is 2.05 bits per heavy atom. The summed E-state index contributed by atoms with van der Waals surface area (Å²) < 4.78 is 5.37. The van der Waals surface area contributed by atoms with E-state index in [-0.39, 0.29) is 12.5 Å². The lowest BCUT2D eigenvalue weighted by Crippen LogP contribution is -2.43. The van der Waals surface area contributed by atoms with Crippen molar-refractivity contribution < 1.29 is 14.3 Å². The van der Waals surface area contributed by atoms with Gasteiger partial charge in [0.25, 0.3) is 11.8 Å². The lowest BCUT2D eigenvalue weighted by molar-refractivity contribution is -0.123. The molecule has 0 spiro atoms. The Morgan fingerprint density at radius 1 is 1.19 bits per heavy atom. The zero-order valence-corrected chi connectivity index (χ0v) is 12.4. The third-order valence-electron chi connectivity index (χ3n) is 2.74. The summed E-state index contributed by atoms with van der Waals surface area (Å²) in [4.78, 5) is 23.7. The fourth-order valence-electron chi connectivity index (χ4n) is 1.64. The maximum absolute atomic E-state index is 11.6. The molecule has 110 valence electrons. The summed E-state index contributed by atoms with van der Waals surface area (Å²) in [5, 5.41) is 1.79. The number of hydrazine groups is 1. The van der Waals surface area contributed by atoms with Gasteiger partial charge in [-0.1, -0.05) is 25.1 Å². The van der Waals surface area contributed by atoms with Crippen LogP contribution in [0.15, 0.2) is 41.8 Å². The zero-order chi connectivity index (χ0) is 15.1. The van der Waals surface area contributed by atoms with E-state index in [1.807, 2.05) is 25.1 Å². The number of carbonyl (C=O) groups excluding carboxylic acids is 2. The van der Waals surface area contributed by atoms with Gasteiger partial charge in [-0.05, 0) is 35.6 Å². The number of amides is 2. The van der Waals surface area contributed by atoms with Crippen LogP contribution in [-0.4, -0.2) is 18.4 Å². The molecule has 0 unspecified atom stereocenters. The molecule has 0 radical (unpaired) electrons. The highest BCUT2D eigenvalue weighted by Crippen LogP contribution is 2.13. The largest absolute Gasteiger partial charge is 0.484 e. The van der Waals surface area contributed by atoms with Gasteiger partial charge in [-0.2, -0.15) is 0 Å². The molecule has 0 aliphatic rings. The van der Waals surface area contributed by atoms with E-state index in [1.54, 1.807) is 23.6 Å². The van der Waals surface area contributed by atoms with Crippen LogP contribution in [0.5, 0.6) is 5.75 Å². The molecule has 0 fully saturated rings. The highest BCUT2D eigenvalue weighted by molar-refractivity contribution is 7.12. The van der Waals surface area contributed by atoms with Gasteiger partial charge in [0.1, 0.15) is 5.75 Å². The fourth-order valence-corrected chi connectivity index (χ4v) is 2.25. The second-order valence-electron chi connectivity index (χ2n) is 4.27. The molecular formula is C15H16N2O3S. The molecule has 1 aromatic heterocycles. The van der Waals surface area contributed by atoms with Crippen molar-refractivity contribution in [3.05, 3.63) is 52.2 Å². The summed E-state index contributed by atoms with van der Waals surface area (Å²) in [7, 11) is 0. The van der Waals surface area contributed by atoms with E-state index in [0.717, 1.165) is 12.0 Å². The number of ether oxygens (including phenoxy) is 1. The second kappa shape index (κ2) is 7.44. The molecule has 0 atom stereocenters. The standard InChI is InChI=1S/C15H16N2O3S/c1-2-11-5-3-6-12(9-11)20-10-14(18)16-17-15(19)13-7-4-8-21-13/h3-9H,2,10H2,1H3,(H,16,18)(H,17,19). The summed E-state index contributed by atoms with van der Waals surface area (Å²) in [6.45, 7) is 1.89. The molecule has 0 saturated heterocycles. The van der Waals surface area contributed by atoms with Gasteiger partial charge in [-0.25, -0.2) is 0 Å². The van der Waals surface area contributed by atoms with Gasteiger partial charge < -0.3 is 4.74 Å². The number of carbonyl (C=O) groups is 2. The van der Waals surface area contributed by atoms with Crippen molar-refractivity contribution in [3.63, 3.8) is 0 Å². The van der Waals surface area contributed by atoms with Crippen molar-refractivity contribution in [2.24, 2.45) is 0 Å². The molecule has 2 amide bonds. The maximum atomic E-state index is 11.6. The van der Waals surface area contributed by atoms with E-state index >= 15 is 0 Å². The Balaban J connectivity index is 1.75. The summed E-state index contributed by atoms with van der Waals surface area (Å²) in [5.74, 6) is -0.123. The van der Waals surface area contributed by atoms with Crippen molar-refractivity contribution in [2.45, 2.75) is 13.3 Å². The van der Waals surface area contributed by atoms with Crippen LogP contribution >= 0.6 is 11.3 Å². The maximum Gasteiger partial charge on any atom is 0.279 e. The van der Waals surface area contributed by atoms with E-state index in [2.05, 4.69) is 10.9 Å². The monoisotopic (exact) mass is 304 g/mol. The van der Waals surface area contributed by atoms with Gasteiger partial charge in [0, 0.05) is 0 Å². The van der Waals surface area contributed by atoms with Crippen molar-refractivity contribution >= 4 is 23.2 Å². The molecule has 2 aromatic rings. The Labute approximate surface area is 126 Å². The SMILES string of the molecule is CCc1cccc(OCC(=O)NNC(=O)c2cccs2)c1. The minimum atomic E-state index is -0.415. The average Bonchev–Trinajstić information content (AvgIpc) is 3.05. The van der Waals surface area contributed by atoms with E-state index < -0.39 is 5.91 Å². The van der Waals surface area contributed by atoms with Gasteiger partial charge in [-0.15, -0.1) is 11.3 Å². The van der Waals surface area contributed by atoms with Crippen molar-refractivity contribution in [2.75, 3.05) is 6.61 Å². The quantitative estimate of drug-likeness (QED) is 0.832. The molecule has 5 nitrogen and oxygen atoms in total. The molecule has 0 aliphatic carbocycles. The highest BCUT2D eigenvalue weighted by Gasteiger charge is 2.08. The predicted molar refractivity (Wildman–Crippen MR) is 81.2 cm³/mol. The Bertz CT molecular complexity index is 611. The van der Waals surface area contributed by atoms with Gasteiger partial charge in [0.2, 0.25) is 0 Å². The lowest BCUT2D eigenvalue weighted by atomic mass is 10.2. The van der Waals surface area contributed by atoms with E-state index in [4.69, 9.17) is 4.74 Å². The topological polar surface area (TPSA) is 67.4 Å². The van der Waals surface area contributed by atoms with Crippen LogP contribution in [0.2, 0.25) is 0 Å². The Kier molecular flexibility index (Phi) is 5.34. The summed E-state index contributed by atoms with van der Waals surface area (Å²) in [5.41, 5.74) is 5.79. The van der Waals surface area contributed by atoms with Crippen molar-refractivity contribution in [1.82, 2.24) is 10.9 Å². The smallest absolute Gasteiger partial charge is 0.279 e. The third kappa shape index (κ3) is 4.61. The molecule has 1 heterocycles. The number of benzene rings is 1. The lowest BCUT2D eigenvalue weighted by Gasteiger charge is -2.08. The number of nitrogens with one attached hydrogen (secondary N) is 2. The number of rotatable bonds is 5. The first kappa shape index (κ1) is 15.1.